The van der Waals surface area contributed by atoms with E-state index in [0.717, 1.165) is 6.42 Å². The summed E-state index contributed by atoms with van der Waals surface area (Å²) in [6, 6.07) is -0.245. The minimum Gasteiger partial charge on any atom is -0.326 e. The van der Waals surface area contributed by atoms with Gasteiger partial charge in [-0.25, -0.2) is 8.42 Å². The van der Waals surface area contributed by atoms with E-state index in [4.69, 9.17) is 5.73 Å². The molecular weight excluding hydrogens is 222 g/mol. The SMILES string of the molecule is CC(C)(C(N)CC1CCCCC1)S(C)(=O)=O. The van der Waals surface area contributed by atoms with Crippen LogP contribution in [0.2, 0.25) is 0 Å². The third-order valence-corrected chi connectivity index (χ3v) is 6.37. The molecule has 16 heavy (non-hydrogen) atoms. The first-order valence-electron chi connectivity index (χ1n) is 6.20. The molecule has 0 aromatic heterocycles. The Hall–Kier alpha value is -0.0900. The highest BCUT2D eigenvalue weighted by atomic mass is 32.2. The first-order chi connectivity index (χ1) is 7.25. The molecule has 1 aliphatic carbocycles. The summed E-state index contributed by atoms with van der Waals surface area (Å²) in [6.07, 6.45) is 8.43. The van der Waals surface area contributed by atoms with E-state index < -0.39 is 14.6 Å². The van der Waals surface area contributed by atoms with Crippen LogP contribution in [0.15, 0.2) is 0 Å². The highest BCUT2D eigenvalue weighted by Gasteiger charge is 2.37. The van der Waals surface area contributed by atoms with Crippen molar-refractivity contribution >= 4 is 9.84 Å². The third-order valence-electron chi connectivity index (χ3n) is 4.16. The van der Waals surface area contributed by atoms with Crippen LogP contribution >= 0.6 is 0 Å². The van der Waals surface area contributed by atoms with Crippen LogP contribution in [0.25, 0.3) is 0 Å². The van der Waals surface area contributed by atoms with Crippen molar-refractivity contribution in [1.82, 2.24) is 0 Å². The third kappa shape index (κ3) is 3.20. The standard InChI is InChI=1S/C12H25NO2S/c1-12(2,16(3,14)15)11(13)9-10-7-5-4-6-8-10/h10-11H,4-9,13H2,1-3H3. The number of hydrogen-bond acceptors (Lipinski definition) is 3. The van der Waals surface area contributed by atoms with E-state index in [1.165, 1.54) is 38.4 Å². The first-order valence-corrected chi connectivity index (χ1v) is 8.09. The van der Waals surface area contributed by atoms with Gasteiger partial charge >= 0.3 is 0 Å². The highest BCUT2D eigenvalue weighted by Crippen LogP contribution is 2.31. The number of nitrogens with two attached hydrogens (primary N) is 1. The van der Waals surface area contributed by atoms with Crippen LogP contribution in [0.4, 0.5) is 0 Å². The maximum atomic E-state index is 11.7. The molecule has 1 saturated carbocycles. The number of rotatable bonds is 4. The van der Waals surface area contributed by atoms with Gasteiger partial charge in [-0.3, -0.25) is 0 Å². The van der Waals surface area contributed by atoms with Crippen LogP contribution in [0.1, 0.15) is 52.4 Å². The number of hydrogen-bond donors (Lipinski definition) is 1. The second kappa shape index (κ2) is 5.05. The zero-order chi connectivity index (χ0) is 12.4. The van der Waals surface area contributed by atoms with Crippen molar-refractivity contribution in [2.45, 2.75) is 63.2 Å². The lowest BCUT2D eigenvalue weighted by atomic mass is 9.82. The van der Waals surface area contributed by atoms with Crippen LogP contribution in [0.3, 0.4) is 0 Å². The summed E-state index contributed by atoms with van der Waals surface area (Å²) in [6.45, 7) is 3.49. The Morgan fingerprint density at radius 3 is 2.19 bits per heavy atom. The summed E-state index contributed by atoms with van der Waals surface area (Å²) in [5.74, 6) is 0.629. The van der Waals surface area contributed by atoms with E-state index in [-0.39, 0.29) is 6.04 Å². The lowest BCUT2D eigenvalue weighted by Crippen LogP contribution is -2.49. The van der Waals surface area contributed by atoms with E-state index in [9.17, 15) is 8.42 Å². The Morgan fingerprint density at radius 2 is 1.75 bits per heavy atom. The van der Waals surface area contributed by atoms with Gasteiger partial charge in [0.25, 0.3) is 0 Å². The molecule has 0 spiro atoms. The summed E-state index contributed by atoms with van der Waals surface area (Å²) >= 11 is 0. The first kappa shape index (κ1) is 14.0. The molecule has 1 aliphatic rings. The molecule has 0 bridgehead atoms. The van der Waals surface area contributed by atoms with E-state index in [1.807, 2.05) is 0 Å². The average molecular weight is 247 g/mol. The lowest BCUT2D eigenvalue weighted by Gasteiger charge is -2.33. The molecule has 4 heteroatoms. The maximum absolute atomic E-state index is 11.7. The molecule has 96 valence electrons. The van der Waals surface area contributed by atoms with Gasteiger partial charge in [-0.2, -0.15) is 0 Å². The molecule has 0 saturated heterocycles. The van der Waals surface area contributed by atoms with Gasteiger partial charge in [-0.1, -0.05) is 32.1 Å². The molecule has 0 aromatic rings. The molecule has 1 rings (SSSR count). The topological polar surface area (TPSA) is 60.2 Å². The predicted octanol–water partition coefficient (Wildman–Crippen LogP) is 2.11. The second-order valence-corrected chi connectivity index (χ2v) is 8.32. The van der Waals surface area contributed by atoms with Crippen LogP contribution in [-0.4, -0.2) is 25.5 Å². The molecular formula is C12H25NO2S. The molecule has 1 unspecified atom stereocenters. The van der Waals surface area contributed by atoms with Crippen molar-refractivity contribution in [3.05, 3.63) is 0 Å². The quantitative estimate of drug-likeness (QED) is 0.827. The fourth-order valence-corrected chi connectivity index (χ4v) is 2.99. The Morgan fingerprint density at radius 1 is 1.25 bits per heavy atom. The normalized spacial score (nSPS) is 22.0. The molecule has 0 aliphatic heterocycles. The summed E-state index contributed by atoms with van der Waals surface area (Å²) in [5, 5.41) is 0. The van der Waals surface area contributed by atoms with Crippen molar-refractivity contribution in [1.29, 1.82) is 0 Å². The summed E-state index contributed by atoms with van der Waals surface area (Å²) in [4.78, 5) is 0. The summed E-state index contributed by atoms with van der Waals surface area (Å²) < 4.78 is 22.5. The van der Waals surface area contributed by atoms with Crippen molar-refractivity contribution in [2.24, 2.45) is 11.7 Å². The average Bonchev–Trinajstić information content (AvgIpc) is 2.17. The number of sulfone groups is 1. The molecule has 0 aromatic carbocycles. The van der Waals surface area contributed by atoms with Crippen molar-refractivity contribution in [2.75, 3.05) is 6.26 Å². The van der Waals surface area contributed by atoms with Gasteiger partial charge < -0.3 is 5.73 Å². The molecule has 2 N–H and O–H groups in total. The van der Waals surface area contributed by atoms with Crippen molar-refractivity contribution in [3.8, 4) is 0 Å². The van der Waals surface area contributed by atoms with Gasteiger partial charge in [0.05, 0.1) is 4.75 Å². The van der Waals surface area contributed by atoms with Gasteiger partial charge in [0.15, 0.2) is 9.84 Å². The minimum absolute atomic E-state index is 0.245. The van der Waals surface area contributed by atoms with Crippen molar-refractivity contribution < 1.29 is 8.42 Å². The molecule has 1 fully saturated rings. The summed E-state index contributed by atoms with van der Waals surface area (Å²) in [5.41, 5.74) is 6.09. The maximum Gasteiger partial charge on any atom is 0.154 e. The summed E-state index contributed by atoms with van der Waals surface area (Å²) in [7, 11) is -3.08. The van der Waals surface area contributed by atoms with Crippen LogP contribution in [0, 0.1) is 5.92 Å². The molecule has 3 nitrogen and oxygen atoms in total. The predicted molar refractivity (Wildman–Crippen MR) is 68.1 cm³/mol. The second-order valence-electron chi connectivity index (χ2n) is 5.72. The van der Waals surface area contributed by atoms with Gasteiger partial charge in [0.2, 0.25) is 0 Å². The van der Waals surface area contributed by atoms with E-state index in [0.29, 0.717) is 5.92 Å². The van der Waals surface area contributed by atoms with Crippen LogP contribution < -0.4 is 5.73 Å². The van der Waals surface area contributed by atoms with E-state index in [1.54, 1.807) is 13.8 Å². The van der Waals surface area contributed by atoms with Gasteiger partial charge in [-0.05, 0) is 26.2 Å². The van der Waals surface area contributed by atoms with Crippen LogP contribution in [0.5, 0.6) is 0 Å². The fourth-order valence-electron chi connectivity index (χ4n) is 2.34. The Balaban J connectivity index is 2.60. The Bertz CT molecular complexity index is 316. The van der Waals surface area contributed by atoms with E-state index in [2.05, 4.69) is 0 Å². The molecule has 1 atom stereocenters. The largest absolute Gasteiger partial charge is 0.326 e. The van der Waals surface area contributed by atoms with Crippen LogP contribution in [-0.2, 0) is 9.84 Å². The van der Waals surface area contributed by atoms with Crippen molar-refractivity contribution in [3.63, 3.8) is 0 Å². The molecule has 0 heterocycles. The van der Waals surface area contributed by atoms with Gasteiger partial charge in [-0.15, -0.1) is 0 Å². The molecule has 0 amide bonds. The zero-order valence-electron chi connectivity index (χ0n) is 10.7. The van der Waals surface area contributed by atoms with Gasteiger partial charge in [0.1, 0.15) is 0 Å². The van der Waals surface area contributed by atoms with Gasteiger partial charge in [0, 0.05) is 12.3 Å². The fraction of sp³-hybridized carbons (Fsp3) is 1.00. The highest BCUT2D eigenvalue weighted by molar-refractivity contribution is 7.92. The lowest BCUT2D eigenvalue weighted by molar-refractivity contribution is 0.298. The monoisotopic (exact) mass is 247 g/mol. The smallest absolute Gasteiger partial charge is 0.154 e. The Labute approximate surface area is 99.7 Å². The van der Waals surface area contributed by atoms with E-state index >= 15 is 0 Å². The zero-order valence-corrected chi connectivity index (χ0v) is 11.5. The molecule has 0 radical (unpaired) electrons. The minimum atomic E-state index is -3.08. The Kier molecular flexibility index (Phi) is 4.41.